The van der Waals surface area contributed by atoms with E-state index in [0.29, 0.717) is 26.4 Å². The third-order valence-electron chi connectivity index (χ3n) is 1.60. The summed E-state index contributed by atoms with van der Waals surface area (Å²) in [5, 5.41) is 11.1. The standard InChI is InChI=1S/C10H21NO4/c1-2-6-15-9-10(13)11-4-3-7-14-8-5-12/h12H,2-9H2,1H3,(H,11,13). The molecule has 2 N–H and O–H groups in total. The van der Waals surface area contributed by atoms with Gasteiger partial charge in [0.05, 0.1) is 13.2 Å². The van der Waals surface area contributed by atoms with Gasteiger partial charge in [0.25, 0.3) is 0 Å². The Morgan fingerprint density at radius 2 is 2.07 bits per heavy atom. The lowest BCUT2D eigenvalue weighted by molar-refractivity contribution is -0.125. The van der Waals surface area contributed by atoms with Gasteiger partial charge in [-0.25, -0.2) is 0 Å². The first-order chi connectivity index (χ1) is 7.31. The molecule has 15 heavy (non-hydrogen) atoms. The van der Waals surface area contributed by atoms with Gasteiger partial charge in [0, 0.05) is 19.8 Å². The molecule has 0 saturated carbocycles. The Hall–Kier alpha value is -0.650. The van der Waals surface area contributed by atoms with Crippen LogP contribution in [0.4, 0.5) is 0 Å². The van der Waals surface area contributed by atoms with E-state index in [1.807, 2.05) is 6.92 Å². The van der Waals surface area contributed by atoms with Crippen LogP contribution in [-0.4, -0.2) is 50.6 Å². The van der Waals surface area contributed by atoms with Gasteiger partial charge in [0.2, 0.25) is 5.91 Å². The van der Waals surface area contributed by atoms with Crippen LogP contribution in [0.15, 0.2) is 0 Å². The van der Waals surface area contributed by atoms with Crippen molar-refractivity contribution in [3.63, 3.8) is 0 Å². The van der Waals surface area contributed by atoms with Crippen LogP contribution in [0.3, 0.4) is 0 Å². The van der Waals surface area contributed by atoms with Crippen LogP contribution in [0.1, 0.15) is 19.8 Å². The molecule has 0 aromatic carbocycles. The lowest BCUT2D eigenvalue weighted by Crippen LogP contribution is -2.29. The molecule has 0 radical (unpaired) electrons. The number of ether oxygens (including phenoxy) is 2. The van der Waals surface area contributed by atoms with Crippen LogP contribution in [0.5, 0.6) is 0 Å². The van der Waals surface area contributed by atoms with Crippen molar-refractivity contribution >= 4 is 5.91 Å². The Labute approximate surface area is 90.8 Å². The van der Waals surface area contributed by atoms with Gasteiger partial charge < -0.3 is 19.9 Å². The summed E-state index contributed by atoms with van der Waals surface area (Å²) in [6, 6.07) is 0. The molecule has 0 saturated heterocycles. The topological polar surface area (TPSA) is 67.8 Å². The molecule has 0 atom stereocenters. The molecule has 0 heterocycles. The van der Waals surface area contributed by atoms with E-state index >= 15 is 0 Å². The Kier molecular flexibility index (Phi) is 10.9. The molecular formula is C10H21NO4. The molecule has 5 nitrogen and oxygen atoms in total. The third-order valence-corrected chi connectivity index (χ3v) is 1.60. The predicted octanol–water partition coefficient (Wildman–Crippen LogP) is -0.0718. The molecule has 0 aliphatic carbocycles. The second-order valence-corrected chi connectivity index (χ2v) is 3.09. The maximum Gasteiger partial charge on any atom is 0.245 e. The molecule has 0 fully saturated rings. The highest BCUT2D eigenvalue weighted by Crippen LogP contribution is 1.82. The van der Waals surface area contributed by atoms with E-state index in [0.717, 1.165) is 12.8 Å². The molecule has 0 aromatic heterocycles. The van der Waals surface area contributed by atoms with Crippen LogP contribution in [0.2, 0.25) is 0 Å². The van der Waals surface area contributed by atoms with Gasteiger partial charge in [0.15, 0.2) is 0 Å². The molecule has 0 bridgehead atoms. The highest BCUT2D eigenvalue weighted by atomic mass is 16.5. The average molecular weight is 219 g/mol. The number of amides is 1. The molecule has 1 amide bonds. The van der Waals surface area contributed by atoms with Crippen LogP contribution in [0.25, 0.3) is 0 Å². The summed E-state index contributed by atoms with van der Waals surface area (Å²) >= 11 is 0. The minimum absolute atomic E-state index is 0.0389. The minimum atomic E-state index is -0.0920. The first kappa shape index (κ1) is 14.3. The summed E-state index contributed by atoms with van der Waals surface area (Å²) in [5.74, 6) is -0.0920. The van der Waals surface area contributed by atoms with E-state index in [1.54, 1.807) is 0 Å². The van der Waals surface area contributed by atoms with Crippen molar-refractivity contribution in [3.8, 4) is 0 Å². The number of carbonyl (C=O) groups is 1. The molecule has 0 aliphatic rings. The van der Waals surface area contributed by atoms with E-state index in [1.165, 1.54) is 0 Å². The van der Waals surface area contributed by atoms with Crippen LogP contribution in [-0.2, 0) is 14.3 Å². The normalized spacial score (nSPS) is 10.3. The smallest absolute Gasteiger partial charge is 0.245 e. The van der Waals surface area contributed by atoms with Crippen LogP contribution < -0.4 is 5.32 Å². The maximum atomic E-state index is 11.1. The highest BCUT2D eigenvalue weighted by molar-refractivity contribution is 5.77. The summed E-state index contributed by atoms with van der Waals surface area (Å²) in [5.41, 5.74) is 0. The van der Waals surface area contributed by atoms with E-state index in [9.17, 15) is 4.79 Å². The first-order valence-electron chi connectivity index (χ1n) is 5.34. The number of rotatable bonds is 10. The number of hydrogen-bond acceptors (Lipinski definition) is 4. The summed E-state index contributed by atoms with van der Waals surface area (Å²) in [6.07, 6.45) is 1.67. The lowest BCUT2D eigenvalue weighted by atomic mass is 10.4. The number of aliphatic hydroxyl groups excluding tert-OH is 1. The number of nitrogens with one attached hydrogen (secondary N) is 1. The summed E-state index contributed by atoms with van der Waals surface area (Å²) in [7, 11) is 0. The molecule has 0 aromatic rings. The fraction of sp³-hybridized carbons (Fsp3) is 0.900. The molecule has 0 unspecified atom stereocenters. The quantitative estimate of drug-likeness (QED) is 0.505. The third kappa shape index (κ3) is 11.3. The fourth-order valence-electron chi connectivity index (χ4n) is 0.929. The zero-order valence-corrected chi connectivity index (χ0v) is 9.33. The van der Waals surface area contributed by atoms with E-state index in [-0.39, 0.29) is 19.1 Å². The van der Waals surface area contributed by atoms with Gasteiger partial charge in [-0.3, -0.25) is 4.79 Å². The number of carbonyl (C=O) groups excluding carboxylic acids is 1. The van der Waals surface area contributed by atoms with Crippen molar-refractivity contribution in [2.24, 2.45) is 0 Å². The van der Waals surface area contributed by atoms with Gasteiger partial charge in [-0.05, 0) is 12.8 Å². The molecule has 5 heteroatoms. The zero-order chi connectivity index (χ0) is 11.4. The Balaban J connectivity index is 3.10. The minimum Gasteiger partial charge on any atom is -0.394 e. The van der Waals surface area contributed by atoms with Crippen molar-refractivity contribution in [1.82, 2.24) is 5.32 Å². The molecule has 0 spiro atoms. The Morgan fingerprint density at radius 3 is 2.73 bits per heavy atom. The lowest BCUT2D eigenvalue weighted by Gasteiger charge is -2.05. The largest absolute Gasteiger partial charge is 0.394 e. The van der Waals surface area contributed by atoms with Gasteiger partial charge in [0.1, 0.15) is 6.61 Å². The molecular weight excluding hydrogens is 198 g/mol. The summed E-state index contributed by atoms with van der Waals surface area (Å²) in [6.45, 7) is 4.27. The highest BCUT2D eigenvalue weighted by Gasteiger charge is 1.99. The molecule has 90 valence electrons. The summed E-state index contributed by atoms with van der Waals surface area (Å²) < 4.78 is 10.1. The first-order valence-corrected chi connectivity index (χ1v) is 5.34. The average Bonchev–Trinajstić information content (AvgIpc) is 2.23. The fourth-order valence-corrected chi connectivity index (χ4v) is 0.929. The zero-order valence-electron chi connectivity index (χ0n) is 9.33. The van der Waals surface area contributed by atoms with Crippen molar-refractivity contribution < 1.29 is 19.4 Å². The van der Waals surface area contributed by atoms with Gasteiger partial charge in [-0.1, -0.05) is 6.92 Å². The second kappa shape index (κ2) is 11.4. The Bertz CT molecular complexity index is 152. The van der Waals surface area contributed by atoms with Gasteiger partial charge >= 0.3 is 0 Å². The van der Waals surface area contributed by atoms with Crippen LogP contribution >= 0.6 is 0 Å². The predicted molar refractivity (Wildman–Crippen MR) is 56.6 cm³/mol. The second-order valence-electron chi connectivity index (χ2n) is 3.09. The number of aliphatic hydroxyl groups is 1. The summed E-state index contributed by atoms with van der Waals surface area (Å²) in [4.78, 5) is 11.1. The van der Waals surface area contributed by atoms with Crippen molar-refractivity contribution in [2.45, 2.75) is 19.8 Å². The van der Waals surface area contributed by atoms with Crippen LogP contribution in [0, 0.1) is 0 Å². The van der Waals surface area contributed by atoms with Crippen molar-refractivity contribution in [3.05, 3.63) is 0 Å². The Morgan fingerprint density at radius 1 is 1.27 bits per heavy atom. The SMILES string of the molecule is CCCOCC(=O)NCCCOCCO. The van der Waals surface area contributed by atoms with E-state index in [2.05, 4.69) is 5.32 Å². The van der Waals surface area contributed by atoms with Gasteiger partial charge in [-0.15, -0.1) is 0 Å². The van der Waals surface area contributed by atoms with E-state index in [4.69, 9.17) is 14.6 Å². The monoisotopic (exact) mass is 219 g/mol. The number of hydrogen-bond donors (Lipinski definition) is 2. The maximum absolute atomic E-state index is 11.1. The van der Waals surface area contributed by atoms with Crippen molar-refractivity contribution in [2.75, 3.05) is 39.6 Å². The molecule has 0 aliphatic heterocycles. The van der Waals surface area contributed by atoms with E-state index < -0.39 is 0 Å². The van der Waals surface area contributed by atoms with Gasteiger partial charge in [-0.2, -0.15) is 0 Å². The van der Waals surface area contributed by atoms with Crippen molar-refractivity contribution in [1.29, 1.82) is 0 Å². The molecule has 0 rings (SSSR count).